The number of aromatic nitrogens is 4. The van der Waals surface area contributed by atoms with Crippen LogP contribution >= 0.6 is 0 Å². The molecule has 148 valence electrons. The predicted molar refractivity (Wildman–Crippen MR) is 106 cm³/mol. The van der Waals surface area contributed by atoms with Crippen molar-refractivity contribution in [3.63, 3.8) is 0 Å². The molecule has 0 aliphatic carbocycles. The first-order valence-electron chi connectivity index (χ1n) is 9.97. The molecule has 0 aromatic carbocycles. The van der Waals surface area contributed by atoms with Gasteiger partial charge in [-0.05, 0) is 39.5 Å². The third kappa shape index (κ3) is 3.92. The van der Waals surface area contributed by atoms with Crippen LogP contribution in [0.5, 0.6) is 0 Å². The smallest absolute Gasteiger partial charge is 0.293 e. The molecule has 0 atom stereocenters. The van der Waals surface area contributed by atoms with Gasteiger partial charge >= 0.3 is 0 Å². The Kier molecular flexibility index (Phi) is 5.40. The lowest BCUT2D eigenvalue weighted by Crippen LogP contribution is -2.39. The molecule has 3 rings (SSSR count). The molecule has 0 N–H and O–H groups in total. The van der Waals surface area contributed by atoms with Gasteiger partial charge in [-0.2, -0.15) is 10.2 Å². The maximum Gasteiger partial charge on any atom is 0.293 e. The summed E-state index contributed by atoms with van der Waals surface area (Å²) < 4.78 is 3.10. The highest BCUT2D eigenvalue weighted by atomic mass is 16.2. The summed E-state index contributed by atoms with van der Waals surface area (Å²) in [6.45, 7) is 11.7. The second-order valence-electron chi connectivity index (χ2n) is 8.79. The van der Waals surface area contributed by atoms with Gasteiger partial charge in [0.25, 0.3) is 5.56 Å². The first kappa shape index (κ1) is 19.6. The Hall–Kier alpha value is -2.18. The predicted octanol–water partition coefficient (Wildman–Crippen LogP) is 2.87. The van der Waals surface area contributed by atoms with Crippen LogP contribution in [0.4, 0.5) is 0 Å². The highest BCUT2D eigenvalue weighted by Crippen LogP contribution is 2.24. The molecule has 0 spiro atoms. The molecule has 0 bridgehead atoms. The van der Waals surface area contributed by atoms with Crippen molar-refractivity contribution >= 4 is 16.8 Å². The van der Waals surface area contributed by atoms with Crippen LogP contribution in [0.25, 0.3) is 10.9 Å². The van der Waals surface area contributed by atoms with E-state index in [0.717, 1.165) is 49.9 Å². The molecule has 1 fully saturated rings. The standard InChI is InChI=1S/C20H31N5O2/c1-14(2)17-15-12-21-25(20(3,4)5)18(15)19(27)24(22-17)13-16(26)23-10-8-6-7-9-11-23/h12,14H,6-11,13H2,1-5H3. The van der Waals surface area contributed by atoms with E-state index in [9.17, 15) is 9.59 Å². The third-order valence-electron chi connectivity index (χ3n) is 5.14. The minimum atomic E-state index is -0.330. The molecule has 0 radical (unpaired) electrons. The van der Waals surface area contributed by atoms with Crippen LogP contribution in [-0.2, 0) is 16.9 Å². The van der Waals surface area contributed by atoms with E-state index in [1.54, 1.807) is 10.9 Å². The van der Waals surface area contributed by atoms with Gasteiger partial charge in [-0.1, -0.05) is 26.7 Å². The van der Waals surface area contributed by atoms with Crippen molar-refractivity contribution in [2.24, 2.45) is 0 Å². The first-order valence-corrected chi connectivity index (χ1v) is 9.97. The van der Waals surface area contributed by atoms with Gasteiger partial charge in [-0.3, -0.25) is 14.3 Å². The molecular weight excluding hydrogens is 342 g/mol. The van der Waals surface area contributed by atoms with Crippen molar-refractivity contribution in [1.29, 1.82) is 0 Å². The van der Waals surface area contributed by atoms with E-state index in [-0.39, 0.29) is 29.5 Å². The molecule has 2 aromatic rings. The zero-order chi connectivity index (χ0) is 19.8. The Bertz CT molecular complexity index is 880. The first-order chi connectivity index (χ1) is 12.7. The van der Waals surface area contributed by atoms with Gasteiger partial charge in [0.2, 0.25) is 5.91 Å². The van der Waals surface area contributed by atoms with Crippen LogP contribution in [0, 0.1) is 0 Å². The van der Waals surface area contributed by atoms with E-state index in [0.29, 0.717) is 5.52 Å². The van der Waals surface area contributed by atoms with Crippen molar-refractivity contribution in [1.82, 2.24) is 24.5 Å². The Balaban J connectivity index is 2.06. The van der Waals surface area contributed by atoms with Crippen molar-refractivity contribution in [3.05, 3.63) is 22.2 Å². The molecule has 7 nitrogen and oxygen atoms in total. The van der Waals surface area contributed by atoms with Gasteiger partial charge in [0, 0.05) is 18.5 Å². The number of rotatable bonds is 3. The van der Waals surface area contributed by atoms with Crippen molar-refractivity contribution in [3.8, 4) is 0 Å². The maximum absolute atomic E-state index is 13.2. The third-order valence-corrected chi connectivity index (χ3v) is 5.14. The molecule has 7 heteroatoms. The number of carbonyl (C=O) groups excluding carboxylic acids is 1. The lowest BCUT2D eigenvalue weighted by molar-refractivity contribution is -0.132. The van der Waals surface area contributed by atoms with Crippen LogP contribution < -0.4 is 5.56 Å². The molecule has 1 saturated heterocycles. The van der Waals surface area contributed by atoms with Crippen molar-refractivity contribution in [2.45, 2.75) is 78.3 Å². The molecule has 0 unspecified atom stereocenters. The summed E-state index contributed by atoms with van der Waals surface area (Å²) >= 11 is 0. The fourth-order valence-electron chi connectivity index (χ4n) is 3.68. The largest absolute Gasteiger partial charge is 0.341 e. The number of hydrogen-bond donors (Lipinski definition) is 0. The quantitative estimate of drug-likeness (QED) is 0.829. The molecule has 3 heterocycles. The summed E-state index contributed by atoms with van der Waals surface area (Å²) in [5.74, 6) is 0.104. The molecule has 1 aliphatic rings. The molecule has 27 heavy (non-hydrogen) atoms. The van der Waals surface area contributed by atoms with Crippen LogP contribution in [0.3, 0.4) is 0 Å². The van der Waals surface area contributed by atoms with Gasteiger partial charge in [0.05, 0.1) is 17.4 Å². The zero-order valence-corrected chi connectivity index (χ0v) is 17.2. The van der Waals surface area contributed by atoms with Crippen molar-refractivity contribution < 1.29 is 4.79 Å². The summed E-state index contributed by atoms with van der Waals surface area (Å²) in [7, 11) is 0. The Morgan fingerprint density at radius 1 is 1.15 bits per heavy atom. The fraction of sp³-hybridized carbons (Fsp3) is 0.700. The van der Waals surface area contributed by atoms with Gasteiger partial charge in [0.1, 0.15) is 12.1 Å². The van der Waals surface area contributed by atoms with Crippen LogP contribution in [0.2, 0.25) is 0 Å². The number of fused-ring (bicyclic) bond motifs is 1. The van der Waals surface area contributed by atoms with Crippen LogP contribution in [-0.4, -0.2) is 43.5 Å². The number of nitrogens with zero attached hydrogens (tertiary/aromatic N) is 5. The lowest BCUT2D eigenvalue weighted by atomic mass is 10.1. The minimum Gasteiger partial charge on any atom is -0.341 e. The van der Waals surface area contributed by atoms with E-state index >= 15 is 0 Å². The number of hydrogen-bond acceptors (Lipinski definition) is 4. The molecule has 1 amide bonds. The monoisotopic (exact) mass is 373 g/mol. The topological polar surface area (TPSA) is 73.0 Å². The van der Waals surface area contributed by atoms with Crippen molar-refractivity contribution in [2.75, 3.05) is 13.1 Å². The highest BCUT2D eigenvalue weighted by molar-refractivity contribution is 5.81. The van der Waals surface area contributed by atoms with Crippen LogP contribution in [0.15, 0.2) is 11.0 Å². The summed E-state index contributed by atoms with van der Waals surface area (Å²) in [6, 6.07) is 0. The summed E-state index contributed by atoms with van der Waals surface area (Å²) in [5, 5.41) is 9.80. The Labute approximate surface area is 160 Å². The summed E-state index contributed by atoms with van der Waals surface area (Å²) in [4.78, 5) is 27.9. The minimum absolute atomic E-state index is 0.0101. The molecule has 2 aromatic heterocycles. The summed E-state index contributed by atoms with van der Waals surface area (Å²) in [5.41, 5.74) is 0.766. The normalized spacial score (nSPS) is 16.1. The average Bonchev–Trinajstić information content (AvgIpc) is 2.86. The second-order valence-corrected chi connectivity index (χ2v) is 8.79. The van der Waals surface area contributed by atoms with E-state index in [4.69, 9.17) is 0 Å². The van der Waals surface area contributed by atoms with E-state index in [2.05, 4.69) is 10.2 Å². The average molecular weight is 374 g/mol. The van der Waals surface area contributed by atoms with E-state index in [1.807, 2.05) is 39.5 Å². The molecule has 0 saturated carbocycles. The van der Waals surface area contributed by atoms with Gasteiger partial charge < -0.3 is 4.90 Å². The highest BCUT2D eigenvalue weighted by Gasteiger charge is 2.25. The van der Waals surface area contributed by atoms with Gasteiger partial charge in [-0.15, -0.1) is 0 Å². The van der Waals surface area contributed by atoms with Gasteiger partial charge in [0.15, 0.2) is 0 Å². The number of likely N-dealkylation sites (tertiary alicyclic amines) is 1. The lowest BCUT2D eigenvalue weighted by Gasteiger charge is -2.22. The Morgan fingerprint density at radius 2 is 1.78 bits per heavy atom. The summed E-state index contributed by atoms with van der Waals surface area (Å²) in [6.07, 6.45) is 6.11. The van der Waals surface area contributed by atoms with E-state index in [1.165, 1.54) is 4.68 Å². The SMILES string of the molecule is CC(C)c1nn(CC(=O)N2CCCCCC2)c(=O)c2c1cnn2C(C)(C)C. The maximum atomic E-state index is 13.2. The second kappa shape index (κ2) is 7.44. The van der Waals surface area contributed by atoms with Gasteiger partial charge in [-0.25, -0.2) is 4.68 Å². The number of amides is 1. The molecule has 1 aliphatic heterocycles. The fourth-order valence-corrected chi connectivity index (χ4v) is 3.68. The van der Waals surface area contributed by atoms with Crippen LogP contribution in [0.1, 0.15) is 71.9 Å². The zero-order valence-electron chi connectivity index (χ0n) is 17.2. The number of carbonyl (C=O) groups is 1. The molecular formula is C20H31N5O2. The Morgan fingerprint density at radius 3 is 2.33 bits per heavy atom. The van der Waals surface area contributed by atoms with E-state index < -0.39 is 0 Å².